The first-order valence-electron chi connectivity index (χ1n) is 6.27. The van der Waals surface area contributed by atoms with Crippen molar-refractivity contribution < 1.29 is 9.59 Å². The first kappa shape index (κ1) is 14.7. The first-order chi connectivity index (χ1) is 10.1. The molecular weight excluding hydrogens is 378 g/mol. The third kappa shape index (κ3) is 3.04. The molecule has 2 heterocycles. The molecule has 8 heteroatoms. The summed E-state index contributed by atoms with van der Waals surface area (Å²) in [5.74, 6) is -0.464. The highest BCUT2D eigenvalue weighted by molar-refractivity contribution is 9.10. The number of thiazole rings is 1. The van der Waals surface area contributed by atoms with Gasteiger partial charge in [-0.25, -0.2) is 4.98 Å². The standard InChI is InChI=1S/C13H11BrClN3O2S/c14-8-1-2-9-10(3-8)21-13(16-9)17-12(20)7-5-18(6-7)11(19)4-15/h1-3,7H,4-6H2,(H,16,17,20). The third-order valence-electron chi connectivity index (χ3n) is 3.30. The lowest BCUT2D eigenvalue weighted by Gasteiger charge is -2.37. The molecular formula is C13H11BrClN3O2S. The molecule has 1 saturated heterocycles. The molecule has 5 nitrogen and oxygen atoms in total. The summed E-state index contributed by atoms with van der Waals surface area (Å²) in [4.78, 5) is 29.3. The van der Waals surface area contributed by atoms with Crippen LogP contribution in [0, 0.1) is 5.92 Å². The molecule has 0 radical (unpaired) electrons. The monoisotopic (exact) mass is 387 g/mol. The van der Waals surface area contributed by atoms with E-state index in [0.717, 1.165) is 14.7 Å². The fraction of sp³-hybridized carbons (Fsp3) is 0.308. The van der Waals surface area contributed by atoms with Gasteiger partial charge in [0.15, 0.2) is 5.13 Å². The molecule has 110 valence electrons. The second-order valence-electron chi connectivity index (χ2n) is 4.75. The number of hydrogen-bond donors (Lipinski definition) is 1. The third-order valence-corrected chi connectivity index (χ3v) is 4.96. The highest BCUT2D eigenvalue weighted by Crippen LogP contribution is 2.29. The Morgan fingerprint density at radius 3 is 2.95 bits per heavy atom. The SMILES string of the molecule is O=C(Nc1nc2ccc(Br)cc2s1)C1CN(C(=O)CCl)C1. The predicted molar refractivity (Wildman–Crippen MR) is 86.7 cm³/mol. The smallest absolute Gasteiger partial charge is 0.237 e. The molecule has 1 aliphatic rings. The van der Waals surface area contributed by atoms with Crippen molar-refractivity contribution in [2.24, 2.45) is 5.92 Å². The van der Waals surface area contributed by atoms with Crippen molar-refractivity contribution in [1.82, 2.24) is 9.88 Å². The van der Waals surface area contributed by atoms with Crippen LogP contribution in [0.4, 0.5) is 5.13 Å². The highest BCUT2D eigenvalue weighted by Gasteiger charge is 2.35. The van der Waals surface area contributed by atoms with Gasteiger partial charge in [-0.1, -0.05) is 27.3 Å². The predicted octanol–water partition coefficient (Wildman–Crippen LogP) is 2.69. The fourth-order valence-corrected chi connectivity index (χ4v) is 3.68. The molecule has 0 spiro atoms. The Balaban J connectivity index is 1.63. The molecule has 1 fully saturated rings. The average molecular weight is 389 g/mol. The Hall–Kier alpha value is -1.18. The summed E-state index contributed by atoms with van der Waals surface area (Å²) >= 11 is 10.3. The van der Waals surface area contributed by atoms with Crippen LogP contribution < -0.4 is 5.32 Å². The van der Waals surface area contributed by atoms with Gasteiger partial charge < -0.3 is 10.2 Å². The van der Waals surface area contributed by atoms with Crippen LogP contribution in [-0.2, 0) is 9.59 Å². The van der Waals surface area contributed by atoms with E-state index in [0.29, 0.717) is 18.2 Å². The quantitative estimate of drug-likeness (QED) is 0.822. The molecule has 0 saturated carbocycles. The van der Waals surface area contributed by atoms with Crippen molar-refractivity contribution in [1.29, 1.82) is 0 Å². The molecule has 1 aliphatic heterocycles. The average Bonchev–Trinajstić information content (AvgIpc) is 2.77. The molecule has 0 atom stereocenters. The number of carbonyl (C=O) groups is 2. The van der Waals surface area contributed by atoms with Gasteiger partial charge in [0.2, 0.25) is 11.8 Å². The van der Waals surface area contributed by atoms with Crippen LogP contribution in [0.2, 0.25) is 0 Å². The molecule has 1 N–H and O–H groups in total. The summed E-state index contributed by atoms with van der Waals surface area (Å²) in [5, 5.41) is 3.39. The van der Waals surface area contributed by atoms with Crippen molar-refractivity contribution in [3.8, 4) is 0 Å². The lowest BCUT2D eigenvalue weighted by atomic mass is 9.99. The van der Waals surface area contributed by atoms with E-state index in [1.54, 1.807) is 4.90 Å². The number of nitrogens with zero attached hydrogens (tertiary/aromatic N) is 2. The highest BCUT2D eigenvalue weighted by atomic mass is 79.9. The van der Waals surface area contributed by atoms with Gasteiger partial charge in [0.25, 0.3) is 0 Å². The van der Waals surface area contributed by atoms with E-state index in [9.17, 15) is 9.59 Å². The number of amides is 2. The Labute approximate surface area is 138 Å². The minimum Gasteiger partial charge on any atom is -0.340 e. The van der Waals surface area contributed by atoms with Crippen LogP contribution in [0.5, 0.6) is 0 Å². The van der Waals surface area contributed by atoms with Gasteiger partial charge in [0.1, 0.15) is 5.88 Å². The van der Waals surface area contributed by atoms with Crippen LogP contribution in [0.15, 0.2) is 22.7 Å². The van der Waals surface area contributed by atoms with Gasteiger partial charge in [0, 0.05) is 17.6 Å². The topological polar surface area (TPSA) is 62.3 Å². The number of nitrogens with one attached hydrogen (secondary N) is 1. The van der Waals surface area contributed by atoms with E-state index in [1.807, 2.05) is 18.2 Å². The van der Waals surface area contributed by atoms with Gasteiger partial charge in [-0.3, -0.25) is 9.59 Å². The van der Waals surface area contributed by atoms with Crippen molar-refractivity contribution in [2.45, 2.75) is 0 Å². The maximum absolute atomic E-state index is 12.1. The summed E-state index contributed by atoms with van der Waals surface area (Å²) in [5.41, 5.74) is 0.853. The van der Waals surface area contributed by atoms with E-state index in [-0.39, 0.29) is 23.6 Å². The van der Waals surface area contributed by atoms with Gasteiger partial charge in [0.05, 0.1) is 16.1 Å². The van der Waals surface area contributed by atoms with Crippen molar-refractivity contribution >= 4 is 66.0 Å². The molecule has 2 amide bonds. The Morgan fingerprint density at radius 2 is 2.24 bits per heavy atom. The van der Waals surface area contributed by atoms with Crippen LogP contribution in [0.1, 0.15) is 0 Å². The first-order valence-corrected chi connectivity index (χ1v) is 8.42. The Bertz CT molecular complexity index is 715. The molecule has 2 aromatic rings. The number of rotatable bonds is 3. The van der Waals surface area contributed by atoms with Gasteiger partial charge >= 0.3 is 0 Å². The van der Waals surface area contributed by atoms with Crippen LogP contribution in [-0.4, -0.2) is 40.7 Å². The van der Waals surface area contributed by atoms with E-state index in [2.05, 4.69) is 26.2 Å². The second-order valence-corrected chi connectivity index (χ2v) is 6.96. The number of alkyl halides is 1. The zero-order chi connectivity index (χ0) is 15.0. The summed E-state index contributed by atoms with van der Waals surface area (Å²) in [7, 11) is 0. The minimum atomic E-state index is -0.184. The minimum absolute atomic E-state index is 0.0406. The number of likely N-dealkylation sites (tertiary alicyclic amines) is 1. The number of halogens is 2. The zero-order valence-corrected chi connectivity index (χ0v) is 14.0. The molecule has 0 bridgehead atoms. The lowest BCUT2D eigenvalue weighted by molar-refractivity contribution is -0.138. The van der Waals surface area contributed by atoms with E-state index < -0.39 is 0 Å². The summed E-state index contributed by atoms with van der Waals surface area (Å²) in [6.07, 6.45) is 0. The lowest BCUT2D eigenvalue weighted by Crippen LogP contribution is -2.54. The van der Waals surface area contributed by atoms with Crippen LogP contribution in [0.3, 0.4) is 0 Å². The largest absolute Gasteiger partial charge is 0.340 e. The van der Waals surface area contributed by atoms with Gasteiger partial charge in [-0.2, -0.15) is 0 Å². The van der Waals surface area contributed by atoms with E-state index in [1.165, 1.54) is 11.3 Å². The second kappa shape index (κ2) is 5.90. The Kier molecular flexibility index (Phi) is 4.14. The molecule has 3 rings (SSSR count). The number of carbonyl (C=O) groups excluding carboxylic acids is 2. The number of hydrogen-bond acceptors (Lipinski definition) is 4. The fourth-order valence-electron chi connectivity index (χ4n) is 2.09. The summed E-state index contributed by atoms with van der Waals surface area (Å²) in [6.45, 7) is 0.849. The van der Waals surface area contributed by atoms with Crippen molar-refractivity contribution in [3.05, 3.63) is 22.7 Å². The van der Waals surface area contributed by atoms with Gasteiger partial charge in [-0.05, 0) is 18.2 Å². The Morgan fingerprint density at radius 1 is 1.48 bits per heavy atom. The van der Waals surface area contributed by atoms with Crippen molar-refractivity contribution in [2.75, 3.05) is 24.3 Å². The molecule has 0 aliphatic carbocycles. The molecule has 0 unspecified atom stereocenters. The van der Waals surface area contributed by atoms with Crippen LogP contribution >= 0.6 is 38.9 Å². The molecule has 21 heavy (non-hydrogen) atoms. The normalized spacial score (nSPS) is 15.0. The van der Waals surface area contributed by atoms with Gasteiger partial charge in [-0.15, -0.1) is 11.6 Å². The number of benzene rings is 1. The van der Waals surface area contributed by atoms with E-state index in [4.69, 9.17) is 11.6 Å². The molecule has 1 aromatic heterocycles. The van der Waals surface area contributed by atoms with Crippen molar-refractivity contribution in [3.63, 3.8) is 0 Å². The maximum Gasteiger partial charge on any atom is 0.237 e. The van der Waals surface area contributed by atoms with Crippen LogP contribution in [0.25, 0.3) is 10.2 Å². The van der Waals surface area contributed by atoms with E-state index >= 15 is 0 Å². The number of anilines is 1. The maximum atomic E-state index is 12.1. The number of fused-ring (bicyclic) bond motifs is 1. The number of aromatic nitrogens is 1. The zero-order valence-electron chi connectivity index (χ0n) is 10.8. The molecule has 1 aromatic carbocycles. The summed E-state index contributed by atoms with van der Waals surface area (Å²) < 4.78 is 1.98. The summed E-state index contributed by atoms with van der Waals surface area (Å²) in [6, 6.07) is 5.78.